The number of carbonyl (C=O) groups is 2. The maximum Gasteiger partial charge on any atom is 0.407 e. The zero-order valence-corrected chi connectivity index (χ0v) is 11.5. The summed E-state index contributed by atoms with van der Waals surface area (Å²) in [6.45, 7) is 6.07. The second kappa shape index (κ2) is 7.92. The van der Waals surface area contributed by atoms with Crippen LogP contribution in [0, 0.1) is 0 Å². The van der Waals surface area contributed by atoms with Crippen molar-refractivity contribution >= 4 is 12.1 Å². The largest absolute Gasteiger partial charge is 0.479 e. The minimum Gasteiger partial charge on any atom is -0.479 e. The van der Waals surface area contributed by atoms with E-state index in [4.69, 9.17) is 14.6 Å². The van der Waals surface area contributed by atoms with Crippen molar-refractivity contribution in [2.45, 2.75) is 51.7 Å². The zero-order chi connectivity index (χ0) is 14.2. The summed E-state index contributed by atoms with van der Waals surface area (Å²) >= 11 is 0. The number of nitrogens with one attached hydrogen (secondary N) is 1. The Bertz CT molecular complexity index is 266. The Kier molecular flexibility index (Phi) is 7.35. The Balaban J connectivity index is 0.000000321. The van der Waals surface area contributed by atoms with Crippen molar-refractivity contribution in [1.29, 1.82) is 0 Å². The van der Waals surface area contributed by atoms with Gasteiger partial charge in [-0.2, -0.15) is 0 Å². The number of hydrogen-bond acceptors (Lipinski definition) is 4. The molecule has 1 saturated heterocycles. The standard InChI is InChI=1S/C6H13NO2.C6H10O3/c1-6(2,3)9-5(8)7-4;7-6(8)5-3-1-2-4-9-5/h1-4H3,(H,7,8);5H,1-4H2,(H,7,8)/t;5-/m.0/s1. The number of aliphatic carboxylic acids is 1. The molecule has 0 aliphatic carbocycles. The molecule has 0 aromatic heterocycles. The number of amides is 1. The van der Waals surface area contributed by atoms with Gasteiger partial charge in [-0.1, -0.05) is 0 Å². The van der Waals surface area contributed by atoms with Crippen LogP contribution in [0.25, 0.3) is 0 Å². The number of carbonyl (C=O) groups excluding carboxylic acids is 1. The minimum absolute atomic E-state index is 0.387. The van der Waals surface area contributed by atoms with Crippen LogP contribution in [0.4, 0.5) is 4.79 Å². The topological polar surface area (TPSA) is 84.9 Å². The van der Waals surface area contributed by atoms with Gasteiger partial charge in [0.15, 0.2) is 6.10 Å². The van der Waals surface area contributed by atoms with Crippen molar-refractivity contribution in [3.05, 3.63) is 0 Å². The second-order valence-corrected chi connectivity index (χ2v) is 4.95. The summed E-state index contributed by atoms with van der Waals surface area (Å²) in [7, 11) is 1.54. The van der Waals surface area contributed by atoms with Crippen LogP contribution in [0.5, 0.6) is 0 Å². The number of hydrogen-bond donors (Lipinski definition) is 2. The smallest absolute Gasteiger partial charge is 0.407 e. The molecule has 6 heteroatoms. The molecule has 0 saturated carbocycles. The van der Waals surface area contributed by atoms with E-state index in [1.807, 2.05) is 20.8 Å². The van der Waals surface area contributed by atoms with E-state index >= 15 is 0 Å². The fourth-order valence-corrected chi connectivity index (χ4v) is 1.26. The van der Waals surface area contributed by atoms with Gasteiger partial charge in [0.2, 0.25) is 0 Å². The summed E-state index contributed by atoms with van der Waals surface area (Å²) in [5, 5.41) is 10.8. The van der Waals surface area contributed by atoms with Crippen LogP contribution in [-0.4, -0.2) is 42.5 Å². The number of ether oxygens (including phenoxy) is 2. The van der Waals surface area contributed by atoms with Gasteiger partial charge in [-0.05, 0) is 40.0 Å². The average Bonchev–Trinajstić information content (AvgIpc) is 2.28. The number of rotatable bonds is 1. The van der Waals surface area contributed by atoms with Crippen molar-refractivity contribution in [2.75, 3.05) is 13.7 Å². The van der Waals surface area contributed by atoms with E-state index in [0.29, 0.717) is 13.0 Å². The van der Waals surface area contributed by atoms with Crippen LogP contribution in [0.3, 0.4) is 0 Å². The van der Waals surface area contributed by atoms with Crippen LogP contribution < -0.4 is 5.32 Å². The Labute approximate surface area is 108 Å². The highest BCUT2D eigenvalue weighted by atomic mass is 16.6. The highest BCUT2D eigenvalue weighted by molar-refractivity contribution is 5.72. The molecular weight excluding hydrogens is 238 g/mol. The maximum atomic E-state index is 10.5. The molecule has 1 heterocycles. The van der Waals surface area contributed by atoms with Crippen LogP contribution in [0.15, 0.2) is 0 Å². The van der Waals surface area contributed by atoms with Gasteiger partial charge < -0.3 is 19.9 Å². The van der Waals surface area contributed by atoms with Gasteiger partial charge in [0.1, 0.15) is 5.60 Å². The first-order chi connectivity index (χ1) is 8.26. The molecule has 1 atom stereocenters. The molecule has 0 aromatic rings. The summed E-state index contributed by atoms with van der Waals surface area (Å²) in [6.07, 6.45) is 1.75. The predicted octanol–water partition coefficient (Wildman–Crippen LogP) is 1.78. The third kappa shape index (κ3) is 8.81. The maximum absolute atomic E-state index is 10.5. The van der Waals surface area contributed by atoms with Crippen molar-refractivity contribution in [1.82, 2.24) is 5.32 Å². The van der Waals surface area contributed by atoms with Gasteiger partial charge in [0, 0.05) is 13.7 Å². The molecule has 0 radical (unpaired) electrons. The lowest BCUT2D eigenvalue weighted by atomic mass is 10.1. The van der Waals surface area contributed by atoms with Gasteiger partial charge in [0.05, 0.1) is 0 Å². The van der Waals surface area contributed by atoms with Crippen LogP contribution in [0.1, 0.15) is 40.0 Å². The summed E-state index contributed by atoms with van der Waals surface area (Å²) in [4.78, 5) is 20.7. The van der Waals surface area contributed by atoms with Gasteiger partial charge in [-0.25, -0.2) is 9.59 Å². The fourth-order valence-electron chi connectivity index (χ4n) is 1.26. The SMILES string of the molecule is CNC(=O)OC(C)(C)C.O=C(O)[C@@H]1CCCCO1. The van der Waals surface area contributed by atoms with E-state index in [9.17, 15) is 9.59 Å². The summed E-state index contributed by atoms with van der Waals surface area (Å²) in [6, 6.07) is 0. The van der Waals surface area contributed by atoms with Gasteiger partial charge in [-0.3, -0.25) is 0 Å². The molecule has 0 aromatic carbocycles. The van der Waals surface area contributed by atoms with E-state index < -0.39 is 12.1 Å². The first-order valence-electron chi connectivity index (χ1n) is 6.01. The zero-order valence-electron chi connectivity index (χ0n) is 11.5. The first kappa shape index (κ1) is 16.7. The molecular formula is C12H23NO5. The lowest BCUT2D eigenvalue weighted by Gasteiger charge is -2.18. The third-order valence-electron chi connectivity index (χ3n) is 2.06. The lowest BCUT2D eigenvalue weighted by Crippen LogP contribution is -2.30. The quantitative estimate of drug-likeness (QED) is 0.751. The Morgan fingerprint density at radius 3 is 2.17 bits per heavy atom. The number of alkyl carbamates (subject to hydrolysis) is 1. The number of carboxylic acid groups (broad SMARTS) is 1. The van der Waals surface area contributed by atoms with Crippen molar-refractivity contribution in [3.63, 3.8) is 0 Å². The molecule has 1 amide bonds. The molecule has 1 aliphatic rings. The summed E-state index contributed by atoms with van der Waals surface area (Å²) in [5.41, 5.74) is -0.389. The molecule has 0 bridgehead atoms. The molecule has 0 unspecified atom stereocenters. The number of carboxylic acids is 1. The molecule has 18 heavy (non-hydrogen) atoms. The highest BCUT2D eigenvalue weighted by Crippen LogP contribution is 2.11. The molecule has 1 aliphatic heterocycles. The predicted molar refractivity (Wildman–Crippen MR) is 66.5 cm³/mol. The van der Waals surface area contributed by atoms with Crippen molar-refractivity contribution in [3.8, 4) is 0 Å². The lowest BCUT2D eigenvalue weighted by molar-refractivity contribution is -0.153. The van der Waals surface area contributed by atoms with E-state index in [1.165, 1.54) is 7.05 Å². The Hall–Kier alpha value is -1.30. The molecule has 2 N–H and O–H groups in total. The van der Waals surface area contributed by atoms with E-state index in [1.54, 1.807) is 0 Å². The fraction of sp³-hybridized carbons (Fsp3) is 0.833. The normalized spacial score (nSPS) is 19.2. The van der Waals surface area contributed by atoms with E-state index in [0.717, 1.165) is 12.8 Å². The molecule has 6 nitrogen and oxygen atoms in total. The monoisotopic (exact) mass is 261 g/mol. The Morgan fingerprint density at radius 1 is 1.33 bits per heavy atom. The second-order valence-electron chi connectivity index (χ2n) is 4.95. The molecule has 1 rings (SSSR count). The average molecular weight is 261 g/mol. The third-order valence-corrected chi connectivity index (χ3v) is 2.06. The molecule has 106 valence electrons. The van der Waals surface area contributed by atoms with Gasteiger partial charge in [0.25, 0.3) is 0 Å². The van der Waals surface area contributed by atoms with E-state index in [2.05, 4.69) is 5.32 Å². The minimum atomic E-state index is -0.824. The van der Waals surface area contributed by atoms with Crippen LogP contribution in [0.2, 0.25) is 0 Å². The molecule has 0 spiro atoms. The summed E-state index contributed by atoms with van der Waals surface area (Å²) in [5.74, 6) is -0.824. The van der Waals surface area contributed by atoms with Crippen LogP contribution >= 0.6 is 0 Å². The van der Waals surface area contributed by atoms with Crippen LogP contribution in [-0.2, 0) is 14.3 Å². The highest BCUT2D eigenvalue weighted by Gasteiger charge is 2.20. The van der Waals surface area contributed by atoms with Crippen molar-refractivity contribution < 1.29 is 24.2 Å². The van der Waals surface area contributed by atoms with Crippen molar-refractivity contribution in [2.24, 2.45) is 0 Å². The van der Waals surface area contributed by atoms with Gasteiger partial charge >= 0.3 is 12.1 Å². The molecule has 1 fully saturated rings. The first-order valence-corrected chi connectivity index (χ1v) is 6.01. The van der Waals surface area contributed by atoms with E-state index in [-0.39, 0.29) is 11.7 Å². The van der Waals surface area contributed by atoms with Gasteiger partial charge in [-0.15, -0.1) is 0 Å². The Morgan fingerprint density at radius 2 is 1.94 bits per heavy atom. The summed E-state index contributed by atoms with van der Waals surface area (Å²) < 4.78 is 9.78.